The molecule has 0 atom stereocenters. The van der Waals surface area contributed by atoms with Crippen LogP contribution < -0.4 is 0 Å². The number of phenols is 1. The molecule has 6 nitrogen and oxygen atoms in total. The molecule has 0 radical (unpaired) electrons. The van der Waals surface area contributed by atoms with Gasteiger partial charge in [-0.3, -0.25) is 4.90 Å². The van der Waals surface area contributed by atoms with E-state index in [2.05, 4.69) is 28.5 Å². The van der Waals surface area contributed by atoms with Gasteiger partial charge >= 0.3 is 5.97 Å². The molecule has 0 bridgehead atoms. The Bertz CT molecular complexity index is 1300. The van der Waals surface area contributed by atoms with Crippen molar-refractivity contribution in [3.8, 4) is 17.1 Å². The zero-order chi connectivity index (χ0) is 25.5. The zero-order valence-corrected chi connectivity index (χ0v) is 21.0. The lowest BCUT2D eigenvalue weighted by molar-refractivity contribution is 0.0697. The largest absolute Gasteiger partial charge is 0.508 e. The summed E-state index contributed by atoms with van der Waals surface area (Å²) in [7, 11) is 0. The second-order valence-corrected chi connectivity index (χ2v) is 9.27. The number of aromatic hydroxyl groups is 1. The molecule has 36 heavy (non-hydrogen) atoms. The third-order valence-corrected chi connectivity index (χ3v) is 6.48. The van der Waals surface area contributed by atoms with Crippen molar-refractivity contribution in [3.05, 3.63) is 106 Å². The number of carbonyl (C=O) groups is 1. The fourth-order valence-electron chi connectivity index (χ4n) is 4.23. The van der Waals surface area contributed by atoms with Gasteiger partial charge in [0.25, 0.3) is 0 Å². The maximum Gasteiger partial charge on any atom is 0.335 e. The highest BCUT2D eigenvalue weighted by molar-refractivity contribution is 6.31. The maximum atomic E-state index is 11.3. The van der Waals surface area contributed by atoms with Crippen LogP contribution in [-0.4, -0.2) is 30.6 Å². The van der Waals surface area contributed by atoms with Crippen LogP contribution in [0.15, 0.2) is 79.0 Å². The minimum Gasteiger partial charge on any atom is -0.508 e. The summed E-state index contributed by atoms with van der Waals surface area (Å²) in [4.78, 5) is 18.3. The second-order valence-electron chi connectivity index (χ2n) is 8.87. The summed E-state index contributed by atoms with van der Waals surface area (Å²) in [5.74, 6) is 0.139. The van der Waals surface area contributed by atoms with Crippen molar-refractivity contribution in [1.29, 1.82) is 0 Å². The normalized spacial score (nSPS) is 11.2. The molecule has 0 aliphatic heterocycles. The number of halogens is 1. The first-order valence-corrected chi connectivity index (χ1v) is 12.4. The van der Waals surface area contributed by atoms with Crippen molar-refractivity contribution in [2.24, 2.45) is 0 Å². The molecule has 4 rings (SSSR count). The fourth-order valence-corrected chi connectivity index (χ4v) is 4.47. The highest BCUT2D eigenvalue weighted by atomic mass is 35.5. The van der Waals surface area contributed by atoms with Crippen LogP contribution in [0.4, 0.5) is 0 Å². The van der Waals surface area contributed by atoms with Gasteiger partial charge in [-0.25, -0.2) is 9.78 Å². The lowest BCUT2D eigenvalue weighted by atomic mass is 10.1. The third kappa shape index (κ3) is 6.33. The average molecular weight is 504 g/mol. The number of hydrogen-bond acceptors (Lipinski definition) is 4. The monoisotopic (exact) mass is 503 g/mol. The van der Waals surface area contributed by atoms with Crippen LogP contribution in [0, 0.1) is 0 Å². The topological polar surface area (TPSA) is 78.6 Å². The van der Waals surface area contributed by atoms with Gasteiger partial charge in [0.2, 0.25) is 0 Å². The number of rotatable bonds is 11. The molecule has 7 heteroatoms. The van der Waals surface area contributed by atoms with Gasteiger partial charge in [-0.1, -0.05) is 73.5 Å². The van der Waals surface area contributed by atoms with Crippen LogP contribution in [0.2, 0.25) is 5.02 Å². The molecule has 0 saturated carbocycles. The summed E-state index contributed by atoms with van der Waals surface area (Å²) >= 11 is 6.45. The summed E-state index contributed by atoms with van der Waals surface area (Å²) in [6.07, 6.45) is 4.06. The number of aromatic nitrogens is 2. The Kier molecular flexibility index (Phi) is 8.41. The Morgan fingerprint density at radius 3 is 2.42 bits per heavy atom. The van der Waals surface area contributed by atoms with E-state index in [1.165, 1.54) is 0 Å². The van der Waals surface area contributed by atoms with Gasteiger partial charge in [-0.15, -0.1) is 0 Å². The van der Waals surface area contributed by atoms with Gasteiger partial charge < -0.3 is 14.8 Å². The highest BCUT2D eigenvalue weighted by Gasteiger charge is 2.17. The number of hydrogen-bond donors (Lipinski definition) is 2. The Labute approximate surface area is 216 Å². The molecular formula is C29H30ClN3O3. The van der Waals surface area contributed by atoms with E-state index in [0.717, 1.165) is 47.6 Å². The van der Waals surface area contributed by atoms with Crippen molar-refractivity contribution in [2.45, 2.75) is 45.9 Å². The van der Waals surface area contributed by atoms with Crippen LogP contribution in [-0.2, 0) is 26.2 Å². The lowest BCUT2D eigenvalue weighted by Crippen LogP contribution is -2.24. The number of unbranched alkanes of at least 4 members (excludes halogenated alkanes) is 1. The van der Waals surface area contributed by atoms with Crippen molar-refractivity contribution in [1.82, 2.24) is 14.5 Å². The van der Waals surface area contributed by atoms with Gasteiger partial charge in [-0.2, -0.15) is 0 Å². The van der Waals surface area contributed by atoms with Crippen molar-refractivity contribution >= 4 is 17.6 Å². The second kappa shape index (κ2) is 11.9. The van der Waals surface area contributed by atoms with Gasteiger partial charge in [-0.05, 0) is 41.8 Å². The summed E-state index contributed by atoms with van der Waals surface area (Å²) < 4.78 is 2.29. The van der Waals surface area contributed by atoms with E-state index in [4.69, 9.17) is 16.6 Å². The van der Waals surface area contributed by atoms with Gasteiger partial charge in [0.1, 0.15) is 11.6 Å². The molecule has 0 fully saturated rings. The SMILES string of the molecule is CCCCn1c(CN(Cc2ccc(C(=O)O)cc2)Cc2ccc(O)cc2Cl)cnc1-c1ccccc1. The van der Waals surface area contributed by atoms with Crippen LogP contribution in [0.1, 0.15) is 46.9 Å². The Hall–Kier alpha value is -3.61. The number of carboxylic acid groups (broad SMARTS) is 1. The first-order chi connectivity index (χ1) is 17.4. The van der Waals surface area contributed by atoms with E-state index in [0.29, 0.717) is 24.7 Å². The quantitative estimate of drug-likeness (QED) is 0.241. The molecule has 1 aromatic heterocycles. The smallest absolute Gasteiger partial charge is 0.335 e. The molecular weight excluding hydrogens is 474 g/mol. The van der Waals surface area contributed by atoms with Crippen LogP contribution in [0.3, 0.4) is 0 Å². The fraction of sp³-hybridized carbons (Fsp3) is 0.241. The molecule has 3 aromatic carbocycles. The Morgan fingerprint density at radius 2 is 1.75 bits per heavy atom. The van der Waals surface area contributed by atoms with E-state index in [1.54, 1.807) is 24.3 Å². The first-order valence-electron chi connectivity index (χ1n) is 12.1. The average Bonchev–Trinajstić information content (AvgIpc) is 3.27. The van der Waals surface area contributed by atoms with E-state index >= 15 is 0 Å². The van der Waals surface area contributed by atoms with Crippen molar-refractivity contribution in [2.75, 3.05) is 0 Å². The Morgan fingerprint density at radius 1 is 1.00 bits per heavy atom. The molecule has 0 unspecified atom stereocenters. The number of phenolic OH excluding ortho intramolecular Hbond substituents is 1. The minimum absolute atomic E-state index is 0.129. The Balaban J connectivity index is 1.65. The van der Waals surface area contributed by atoms with E-state index in [9.17, 15) is 15.0 Å². The van der Waals surface area contributed by atoms with E-state index in [1.807, 2.05) is 42.6 Å². The zero-order valence-electron chi connectivity index (χ0n) is 20.3. The minimum atomic E-state index is -0.942. The van der Waals surface area contributed by atoms with Crippen LogP contribution >= 0.6 is 11.6 Å². The van der Waals surface area contributed by atoms with Gasteiger partial charge in [0.05, 0.1) is 17.5 Å². The number of benzene rings is 3. The highest BCUT2D eigenvalue weighted by Crippen LogP contribution is 2.26. The van der Waals surface area contributed by atoms with E-state index in [-0.39, 0.29) is 11.3 Å². The summed E-state index contributed by atoms with van der Waals surface area (Å²) in [6.45, 7) is 4.83. The predicted octanol–water partition coefficient (Wildman–Crippen LogP) is 6.61. The predicted molar refractivity (Wildman–Crippen MR) is 142 cm³/mol. The summed E-state index contributed by atoms with van der Waals surface area (Å²) in [6, 6.07) is 22.2. The van der Waals surface area contributed by atoms with Crippen molar-refractivity contribution in [3.63, 3.8) is 0 Å². The maximum absolute atomic E-state index is 11.3. The molecule has 1 heterocycles. The van der Waals surface area contributed by atoms with Crippen LogP contribution in [0.25, 0.3) is 11.4 Å². The molecule has 186 valence electrons. The number of imidazole rings is 1. The molecule has 0 aliphatic carbocycles. The summed E-state index contributed by atoms with van der Waals surface area (Å²) in [5.41, 5.74) is 4.34. The first kappa shape index (κ1) is 25.5. The molecule has 0 spiro atoms. The molecule has 0 aliphatic rings. The lowest BCUT2D eigenvalue weighted by Gasteiger charge is -2.24. The molecule has 0 amide bonds. The van der Waals surface area contributed by atoms with Gasteiger partial charge in [0, 0.05) is 36.8 Å². The van der Waals surface area contributed by atoms with Gasteiger partial charge in [0.15, 0.2) is 0 Å². The molecule has 4 aromatic rings. The number of carboxylic acids is 1. The third-order valence-electron chi connectivity index (χ3n) is 6.13. The number of nitrogens with zero attached hydrogens (tertiary/aromatic N) is 3. The number of aromatic carboxylic acids is 1. The van der Waals surface area contributed by atoms with Crippen LogP contribution in [0.5, 0.6) is 5.75 Å². The summed E-state index contributed by atoms with van der Waals surface area (Å²) in [5, 5.41) is 19.5. The molecule has 2 N–H and O–H groups in total. The molecule has 0 saturated heterocycles. The van der Waals surface area contributed by atoms with E-state index < -0.39 is 5.97 Å². The standard InChI is InChI=1S/C29H30ClN3O3/c1-2-3-15-33-25(17-31-28(33)22-7-5-4-6-8-22)20-32(19-24-13-14-26(34)16-27(24)30)18-21-9-11-23(12-10-21)29(35)36/h4-14,16-17,34H,2-3,15,18-20H2,1H3,(H,35,36). The van der Waals surface area contributed by atoms with Crippen molar-refractivity contribution < 1.29 is 15.0 Å².